The van der Waals surface area contributed by atoms with Gasteiger partial charge in [-0.05, 0) is 92.5 Å². The van der Waals surface area contributed by atoms with Crippen LogP contribution >= 0.6 is 0 Å². The molecular weight excluding hydrogens is 362 g/mol. The number of aryl methyl sites for hydroxylation is 1. The number of furan rings is 1. The summed E-state index contributed by atoms with van der Waals surface area (Å²) in [5.41, 5.74) is 1.33. The molecule has 4 bridgehead atoms. The highest BCUT2D eigenvalue weighted by molar-refractivity contribution is 5.92. The van der Waals surface area contributed by atoms with E-state index < -0.39 is 0 Å². The molecule has 1 amide bonds. The van der Waals surface area contributed by atoms with Crippen molar-refractivity contribution in [2.45, 2.75) is 70.4 Å². The molecule has 2 aromatic rings. The van der Waals surface area contributed by atoms with Crippen LogP contribution in [-0.2, 0) is 13.0 Å². The second-order valence-electron chi connectivity index (χ2n) is 9.60. The summed E-state index contributed by atoms with van der Waals surface area (Å²) in [5, 5.41) is 3.37. The van der Waals surface area contributed by atoms with E-state index in [9.17, 15) is 4.79 Å². The summed E-state index contributed by atoms with van der Waals surface area (Å²) in [6.07, 6.45) is 9.78. The lowest BCUT2D eigenvalue weighted by atomic mass is 9.53. The molecule has 0 spiro atoms. The number of hydrogen-bond acceptors (Lipinski definition) is 3. The Morgan fingerprint density at radius 3 is 2.31 bits per heavy atom. The number of rotatable bonds is 7. The van der Waals surface area contributed by atoms with Crippen molar-refractivity contribution in [3.05, 3.63) is 53.5 Å². The van der Waals surface area contributed by atoms with Gasteiger partial charge in [0.1, 0.15) is 18.1 Å². The number of carbonyl (C=O) groups excluding carboxylic acids is 1. The Morgan fingerprint density at radius 2 is 1.69 bits per heavy atom. The minimum atomic E-state index is -0.0675. The van der Waals surface area contributed by atoms with E-state index in [1.807, 2.05) is 18.2 Å². The van der Waals surface area contributed by atoms with Gasteiger partial charge in [0.05, 0.1) is 0 Å². The molecule has 1 heterocycles. The van der Waals surface area contributed by atoms with Crippen molar-refractivity contribution >= 4 is 5.91 Å². The SMILES string of the molecule is CCCc1ccc(OCc2ccc(C(=O)NC34CC5CC(CC(C5)C3)C4)o2)cc1. The maximum atomic E-state index is 12.9. The minimum Gasteiger partial charge on any atom is -0.486 e. The van der Waals surface area contributed by atoms with E-state index in [4.69, 9.17) is 9.15 Å². The molecule has 0 aliphatic heterocycles. The van der Waals surface area contributed by atoms with E-state index in [2.05, 4.69) is 24.4 Å². The van der Waals surface area contributed by atoms with Crippen molar-refractivity contribution in [3.8, 4) is 5.75 Å². The second-order valence-corrected chi connectivity index (χ2v) is 9.60. The first-order chi connectivity index (χ1) is 14.1. The summed E-state index contributed by atoms with van der Waals surface area (Å²) in [6, 6.07) is 11.8. The van der Waals surface area contributed by atoms with Crippen LogP contribution in [0.2, 0.25) is 0 Å². The Morgan fingerprint density at radius 1 is 1.03 bits per heavy atom. The van der Waals surface area contributed by atoms with Gasteiger partial charge in [-0.2, -0.15) is 0 Å². The monoisotopic (exact) mass is 393 g/mol. The second kappa shape index (κ2) is 7.55. The van der Waals surface area contributed by atoms with E-state index in [-0.39, 0.29) is 11.4 Å². The Balaban J connectivity index is 1.18. The van der Waals surface area contributed by atoms with Crippen molar-refractivity contribution in [3.63, 3.8) is 0 Å². The zero-order valence-electron chi connectivity index (χ0n) is 17.3. The lowest BCUT2D eigenvalue weighted by Crippen LogP contribution is -2.59. The van der Waals surface area contributed by atoms with Crippen molar-refractivity contribution < 1.29 is 13.9 Å². The molecule has 1 N–H and O–H groups in total. The average molecular weight is 394 g/mol. The molecule has 0 radical (unpaired) electrons. The number of ether oxygens (including phenoxy) is 1. The predicted molar refractivity (Wildman–Crippen MR) is 112 cm³/mol. The topological polar surface area (TPSA) is 51.5 Å². The van der Waals surface area contributed by atoms with Crippen LogP contribution in [0.5, 0.6) is 5.75 Å². The van der Waals surface area contributed by atoms with E-state index in [1.165, 1.54) is 24.8 Å². The highest BCUT2D eigenvalue weighted by Crippen LogP contribution is 2.55. The van der Waals surface area contributed by atoms with Gasteiger partial charge in [-0.1, -0.05) is 25.5 Å². The first kappa shape index (κ1) is 18.8. The summed E-state index contributed by atoms with van der Waals surface area (Å²) < 4.78 is 11.6. The standard InChI is InChI=1S/C25H31NO3/c1-2-3-17-4-6-21(7-5-17)28-16-22-8-9-23(29-22)24(27)26-25-13-18-10-19(14-25)12-20(11-18)15-25/h4-9,18-20H,2-3,10-16H2,1H3,(H,26,27). The van der Waals surface area contributed by atoms with Crippen LogP contribution in [0, 0.1) is 17.8 Å². The molecule has 0 saturated heterocycles. The van der Waals surface area contributed by atoms with Crippen LogP contribution in [-0.4, -0.2) is 11.4 Å². The van der Waals surface area contributed by atoms with Crippen molar-refractivity contribution in [2.75, 3.05) is 0 Å². The Hall–Kier alpha value is -2.23. The maximum absolute atomic E-state index is 12.9. The van der Waals surface area contributed by atoms with Crippen LogP contribution in [0.3, 0.4) is 0 Å². The molecule has 4 aliphatic carbocycles. The molecule has 1 aromatic carbocycles. The third kappa shape index (κ3) is 3.94. The fourth-order valence-corrected chi connectivity index (χ4v) is 6.34. The molecule has 4 fully saturated rings. The molecule has 4 nitrogen and oxygen atoms in total. The van der Waals surface area contributed by atoms with Crippen LogP contribution in [0.4, 0.5) is 0 Å². The normalized spacial score (nSPS) is 29.8. The fraction of sp³-hybridized carbons (Fsp3) is 0.560. The van der Waals surface area contributed by atoms with Gasteiger partial charge in [-0.25, -0.2) is 0 Å². The minimum absolute atomic E-state index is 0.00945. The van der Waals surface area contributed by atoms with Crippen LogP contribution in [0.25, 0.3) is 0 Å². The predicted octanol–water partition coefficient (Wildman–Crippen LogP) is 5.51. The smallest absolute Gasteiger partial charge is 0.287 e. The van der Waals surface area contributed by atoms with Gasteiger partial charge in [0.25, 0.3) is 5.91 Å². The van der Waals surface area contributed by atoms with Crippen LogP contribution in [0.15, 0.2) is 40.8 Å². The average Bonchev–Trinajstić information content (AvgIpc) is 3.16. The van der Waals surface area contributed by atoms with Gasteiger partial charge in [0, 0.05) is 5.54 Å². The van der Waals surface area contributed by atoms with Gasteiger partial charge >= 0.3 is 0 Å². The summed E-state index contributed by atoms with van der Waals surface area (Å²) in [4.78, 5) is 12.9. The Labute approximate surface area is 173 Å². The Bertz CT molecular complexity index is 831. The van der Waals surface area contributed by atoms with Gasteiger partial charge < -0.3 is 14.5 Å². The molecule has 4 saturated carbocycles. The zero-order chi connectivity index (χ0) is 19.8. The van der Waals surface area contributed by atoms with Crippen LogP contribution in [0.1, 0.15) is 73.7 Å². The van der Waals surface area contributed by atoms with Gasteiger partial charge in [0.15, 0.2) is 5.76 Å². The molecule has 6 rings (SSSR count). The molecule has 4 heteroatoms. The van der Waals surface area contributed by atoms with Crippen LogP contribution < -0.4 is 10.1 Å². The van der Waals surface area contributed by atoms with Crippen molar-refractivity contribution in [1.29, 1.82) is 0 Å². The lowest BCUT2D eigenvalue weighted by Gasteiger charge is -2.56. The number of carbonyl (C=O) groups is 1. The third-order valence-corrected chi connectivity index (χ3v) is 7.15. The Kier molecular flexibility index (Phi) is 4.89. The number of amides is 1. The molecule has 0 unspecified atom stereocenters. The molecule has 29 heavy (non-hydrogen) atoms. The molecule has 0 atom stereocenters. The highest BCUT2D eigenvalue weighted by atomic mass is 16.5. The first-order valence-corrected chi connectivity index (χ1v) is 11.2. The van der Waals surface area contributed by atoms with Gasteiger partial charge in [0.2, 0.25) is 0 Å². The largest absolute Gasteiger partial charge is 0.486 e. The third-order valence-electron chi connectivity index (χ3n) is 7.15. The molecule has 4 aliphatic rings. The lowest BCUT2D eigenvalue weighted by molar-refractivity contribution is -0.0171. The van der Waals surface area contributed by atoms with Crippen molar-refractivity contribution in [2.24, 2.45) is 17.8 Å². The molecule has 154 valence electrons. The van der Waals surface area contributed by atoms with E-state index in [0.29, 0.717) is 18.1 Å². The van der Waals surface area contributed by atoms with E-state index in [0.717, 1.165) is 55.6 Å². The van der Waals surface area contributed by atoms with E-state index in [1.54, 1.807) is 6.07 Å². The molecular formula is C25H31NO3. The number of nitrogens with one attached hydrogen (secondary N) is 1. The maximum Gasteiger partial charge on any atom is 0.287 e. The van der Waals surface area contributed by atoms with E-state index >= 15 is 0 Å². The van der Waals surface area contributed by atoms with Gasteiger partial charge in [-0.15, -0.1) is 0 Å². The summed E-state index contributed by atoms with van der Waals surface area (Å²) in [5.74, 6) is 4.27. The summed E-state index contributed by atoms with van der Waals surface area (Å²) >= 11 is 0. The first-order valence-electron chi connectivity index (χ1n) is 11.2. The fourth-order valence-electron chi connectivity index (χ4n) is 6.34. The summed E-state index contributed by atoms with van der Waals surface area (Å²) in [6.45, 7) is 2.51. The number of benzene rings is 1. The van der Waals surface area contributed by atoms with Gasteiger partial charge in [-0.3, -0.25) is 4.79 Å². The molecule has 1 aromatic heterocycles. The zero-order valence-corrected chi connectivity index (χ0v) is 17.3. The summed E-state index contributed by atoms with van der Waals surface area (Å²) in [7, 11) is 0. The quantitative estimate of drug-likeness (QED) is 0.675. The van der Waals surface area contributed by atoms with Crippen molar-refractivity contribution in [1.82, 2.24) is 5.32 Å². The number of hydrogen-bond donors (Lipinski definition) is 1. The highest BCUT2D eigenvalue weighted by Gasteiger charge is 2.51.